The lowest BCUT2D eigenvalue weighted by atomic mass is 10.2. The van der Waals surface area contributed by atoms with Crippen molar-refractivity contribution in [1.29, 1.82) is 0 Å². The van der Waals surface area contributed by atoms with Crippen molar-refractivity contribution >= 4 is 35.2 Å². The number of ether oxygens (including phenoxy) is 2. The summed E-state index contributed by atoms with van der Waals surface area (Å²) in [5.74, 6) is -0.0736. The Morgan fingerprint density at radius 3 is 2.33 bits per heavy atom. The molecule has 0 fully saturated rings. The van der Waals surface area contributed by atoms with Crippen LogP contribution in [0.5, 0.6) is 5.75 Å². The van der Waals surface area contributed by atoms with Gasteiger partial charge in [-0.1, -0.05) is 11.8 Å². The molecule has 0 bridgehead atoms. The van der Waals surface area contributed by atoms with Gasteiger partial charge in [0.05, 0.1) is 31.6 Å². The number of hydrogen-bond donors (Lipinski definition) is 3. The monoisotopic (exact) mass is 513 g/mol. The van der Waals surface area contributed by atoms with Gasteiger partial charge in [0.2, 0.25) is 5.91 Å². The summed E-state index contributed by atoms with van der Waals surface area (Å²) < 4.78 is 11.6. The average Bonchev–Trinajstić information content (AvgIpc) is 3.26. The number of hydrogen-bond acceptors (Lipinski definition) is 9. The average molecular weight is 514 g/mol. The third-order valence-corrected chi connectivity index (χ3v) is 6.05. The van der Waals surface area contributed by atoms with Gasteiger partial charge in [-0.05, 0) is 55.5 Å². The van der Waals surface area contributed by atoms with Gasteiger partial charge in [0.1, 0.15) is 11.8 Å². The summed E-state index contributed by atoms with van der Waals surface area (Å²) in [6.45, 7) is 1.63. The molecule has 0 unspecified atom stereocenters. The summed E-state index contributed by atoms with van der Waals surface area (Å²) in [6.07, 6.45) is 0. The highest BCUT2D eigenvalue weighted by Gasteiger charge is 2.22. The van der Waals surface area contributed by atoms with Gasteiger partial charge in [-0.25, -0.2) is 4.79 Å². The Kier molecular flexibility index (Phi) is 9.42. The maximum absolute atomic E-state index is 12.6. The Balaban J connectivity index is 1.57. The largest absolute Gasteiger partial charge is 0.497 e. The van der Waals surface area contributed by atoms with Crippen LogP contribution >= 0.6 is 11.8 Å². The number of benzene rings is 2. The molecule has 11 nitrogen and oxygen atoms in total. The van der Waals surface area contributed by atoms with E-state index < -0.39 is 12.0 Å². The molecule has 3 rings (SSSR count). The molecular formula is C24H27N5O6S. The van der Waals surface area contributed by atoms with Gasteiger partial charge < -0.3 is 29.8 Å². The number of nitrogens with zero attached hydrogens (tertiary/aromatic N) is 3. The highest BCUT2D eigenvalue weighted by molar-refractivity contribution is 7.99. The number of aromatic nitrogens is 3. The molecule has 3 N–H and O–H groups in total. The lowest BCUT2D eigenvalue weighted by Gasteiger charge is -2.16. The molecule has 1 atom stereocenters. The standard InChI is InChI=1S/C24H27N5O6S/c1-4-35-23(33)16-5-9-17(10-6-16)25-20(31)14-36-24-28-27-21(29(24)2)19(13-30)26-22(32)15-7-11-18(34-3)12-8-15/h5-12,19,30H,4,13-14H2,1-3H3,(H,25,31)(H,26,32)/t19-/m1/s1. The van der Waals surface area contributed by atoms with Crippen LogP contribution in [0.2, 0.25) is 0 Å². The van der Waals surface area contributed by atoms with E-state index >= 15 is 0 Å². The van der Waals surface area contributed by atoms with Crippen LogP contribution in [-0.4, -0.2) is 63.7 Å². The van der Waals surface area contributed by atoms with E-state index in [1.54, 1.807) is 67.1 Å². The Bertz CT molecular complexity index is 1200. The van der Waals surface area contributed by atoms with Gasteiger partial charge in [0, 0.05) is 18.3 Å². The first-order chi connectivity index (χ1) is 17.4. The molecule has 36 heavy (non-hydrogen) atoms. The van der Waals surface area contributed by atoms with Crippen LogP contribution in [0.15, 0.2) is 53.7 Å². The van der Waals surface area contributed by atoms with Crippen molar-refractivity contribution in [3.8, 4) is 5.75 Å². The van der Waals surface area contributed by atoms with Crippen molar-refractivity contribution in [2.24, 2.45) is 7.05 Å². The van der Waals surface area contributed by atoms with E-state index in [2.05, 4.69) is 20.8 Å². The first kappa shape index (κ1) is 26.7. The Hall–Kier alpha value is -3.90. The topological polar surface area (TPSA) is 145 Å². The second kappa shape index (κ2) is 12.7. The molecule has 0 radical (unpaired) electrons. The number of nitrogens with one attached hydrogen (secondary N) is 2. The first-order valence-corrected chi connectivity index (χ1v) is 12.0. The van der Waals surface area contributed by atoms with Crippen molar-refractivity contribution in [2.45, 2.75) is 18.1 Å². The lowest BCUT2D eigenvalue weighted by molar-refractivity contribution is -0.113. The number of thioether (sulfide) groups is 1. The molecule has 0 aliphatic heterocycles. The van der Waals surface area contributed by atoms with Gasteiger partial charge in [-0.2, -0.15) is 0 Å². The van der Waals surface area contributed by atoms with Crippen molar-refractivity contribution in [2.75, 3.05) is 31.4 Å². The quantitative estimate of drug-likeness (QED) is 0.259. The van der Waals surface area contributed by atoms with E-state index in [1.165, 1.54) is 7.11 Å². The van der Waals surface area contributed by atoms with E-state index in [4.69, 9.17) is 9.47 Å². The number of carbonyl (C=O) groups excluding carboxylic acids is 3. The molecular weight excluding hydrogens is 486 g/mol. The third-order valence-electron chi connectivity index (χ3n) is 5.03. The van der Waals surface area contributed by atoms with Crippen LogP contribution < -0.4 is 15.4 Å². The number of esters is 1. The minimum Gasteiger partial charge on any atom is -0.497 e. The second-order valence-electron chi connectivity index (χ2n) is 7.47. The number of aliphatic hydroxyl groups excluding tert-OH is 1. The summed E-state index contributed by atoms with van der Waals surface area (Å²) >= 11 is 1.15. The maximum atomic E-state index is 12.6. The van der Waals surface area contributed by atoms with Crippen LogP contribution in [0.25, 0.3) is 0 Å². The third kappa shape index (κ3) is 6.83. The number of amides is 2. The second-order valence-corrected chi connectivity index (χ2v) is 8.41. The van der Waals surface area contributed by atoms with Gasteiger partial charge in [-0.3, -0.25) is 9.59 Å². The number of rotatable bonds is 11. The van der Waals surface area contributed by atoms with Gasteiger partial charge >= 0.3 is 5.97 Å². The summed E-state index contributed by atoms with van der Waals surface area (Å²) in [6, 6.07) is 12.2. The van der Waals surface area contributed by atoms with Crippen LogP contribution in [0.3, 0.4) is 0 Å². The van der Waals surface area contributed by atoms with Gasteiger partial charge in [0.25, 0.3) is 5.91 Å². The smallest absolute Gasteiger partial charge is 0.338 e. The zero-order chi connectivity index (χ0) is 26.1. The molecule has 3 aromatic rings. The minimum atomic E-state index is -0.793. The van der Waals surface area contributed by atoms with E-state index in [9.17, 15) is 19.5 Å². The van der Waals surface area contributed by atoms with Crippen molar-refractivity contribution in [3.63, 3.8) is 0 Å². The number of carbonyl (C=O) groups is 3. The number of methoxy groups -OCH3 is 1. The minimum absolute atomic E-state index is 0.0492. The zero-order valence-corrected chi connectivity index (χ0v) is 20.9. The lowest BCUT2D eigenvalue weighted by Crippen LogP contribution is -2.32. The van der Waals surface area contributed by atoms with Gasteiger partial charge in [0.15, 0.2) is 11.0 Å². The Morgan fingerprint density at radius 2 is 1.72 bits per heavy atom. The van der Waals surface area contributed by atoms with Crippen LogP contribution in [-0.2, 0) is 16.6 Å². The van der Waals surface area contributed by atoms with Gasteiger partial charge in [-0.15, -0.1) is 10.2 Å². The van der Waals surface area contributed by atoms with Crippen LogP contribution in [0.1, 0.15) is 39.5 Å². The normalized spacial score (nSPS) is 11.4. The number of aliphatic hydroxyl groups is 1. The molecule has 0 aliphatic carbocycles. The molecule has 0 saturated heterocycles. The molecule has 2 amide bonds. The SMILES string of the molecule is CCOC(=O)c1ccc(NC(=O)CSc2nnc([C@@H](CO)NC(=O)c3ccc(OC)cc3)n2C)cc1. The molecule has 190 valence electrons. The fraction of sp³-hybridized carbons (Fsp3) is 0.292. The van der Waals surface area contributed by atoms with E-state index in [0.29, 0.717) is 33.5 Å². The molecule has 1 heterocycles. The van der Waals surface area contributed by atoms with E-state index in [-0.39, 0.29) is 30.8 Å². The summed E-state index contributed by atoms with van der Waals surface area (Å²) in [5.41, 5.74) is 1.33. The highest BCUT2D eigenvalue weighted by atomic mass is 32.2. The molecule has 0 aliphatic rings. The van der Waals surface area contributed by atoms with Crippen molar-refractivity contribution in [3.05, 3.63) is 65.5 Å². The van der Waals surface area contributed by atoms with E-state index in [0.717, 1.165) is 11.8 Å². The molecule has 1 aromatic heterocycles. The summed E-state index contributed by atoms with van der Waals surface area (Å²) in [5, 5.41) is 23.9. The summed E-state index contributed by atoms with van der Waals surface area (Å²) in [7, 11) is 3.22. The van der Waals surface area contributed by atoms with Crippen molar-refractivity contribution < 1.29 is 29.0 Å². The molecule has 12 heteroatoms. The van der Waals surface area contributed by atoms with Crippen molar-refractivity contribution in [1.82, 2.24) is 20.1 Å². The van der Waals surface area contributed by atoms with Crippen LogP contribution in [0, 0.1) is 0 Å². The summed E-state index contributed by atoms with van der Waals surface area (Å²) in [4.78, 5) is 36.7. The molecule has 0 spiro atoms. The molecule has 0 saturated carbocycles. The number of anilines is 1. The highest BCUT2D eigenvalue weighted by Crippen LogP contribution is 2.20. The molecule has 2 aromatic carbocycles. The zero-order valence-electron chi connectivity index (χ0n) is 20.1. The van der Waals surface area contributed by atoms with Crippen LogP contribution in [0.4, 0.5) is 5.69 Å². The predicted octanol–water partition coefficient (Wildman–Crippen LogP) is 2.19. The van der Waals surface area contributed by atoms with E-state index in [1.807, 2.05) is 0 Å². The fourth-order valence-electron chi connectivity index (χ4n) is 3.16. The Labute approximate surface area is 212 Å². The first-order valence-electron chi connectivity index (χ1n) is 11.0. The Morgan fingerprint density at radius 1 is 1.06 bits per heavy atom. The predicted molar refractivity (Wildman–Crippen MR) is 133 cm³/mol. The maximum Gasteiger partial charge on any atom is 0.338 e. The fourth-order valence-corrected chi connectivity index (χ4v) is 3.88.